The average Bonchev–Trinajstić information content (AvgIpc) is 3.13. The molecule has 2 aliphatic heterocycles. The van der Waals surface area contributed by atoms with Crippen molar-refractivity contribution >= 4 is 24.1 Å². The van der Waals surface area contributed by atoms with Crippen LogP contribution in [0.5, 0.6) is 0 Å². The Labute approximate surface area is 116 Å². The number of allylic oxidation sites excluding steroid dienone is 1. The molecule has 1 aromatic heterocycles. The van der Waals surface area contributed by atoms with Crippen LogP contribution in [0.2, 0.25) is 0 Å². The summed E-state index contributed by atoms with van der Waals surface area (Å²) >= 11 is 0. The fourth-order valence-electron chi connectivity index (χ4n) is 3.34. The molecule has 0 amide bonds. The number of nitrogens with one attached hydrogen (secondary N) is 3. The predicted molar refractivity (Wildman–Crippen MR) is 75.5 cm³/mol. The van der Waals surface area contributed by atoms with Gasteiger partial charge in [0.15, 0.2) is 0 Å². The lowest BCUT2D eigenvalue weighted by molar-refractivity contribution is -0.112. The van der Waals surface area contributed by atoms with Gasteiger partial charge in [0.1, 0.15) is 18.4 Å². The zero-order valence-electron chi connectivity index (χ0n) is 11.1. The Hall–Kier alpha value is -2.08. The fraction of sp³-hybridized carbons (Fsp3) is 0.429. The largest absolute Gasteiger partial charge is 0.346 e. The first-order chi connectivity index (χ1) is 9.86. The van der Waals surface area contributed by atoms with Gasteiger partial charge in [-0.05, 0) is 31.7 Å². The van der Waals surface area contributed by atoms with Gasteiger partial charge in [-0.1, -0.05) is 0 Å². The van der Waals surface area contributed by atoms with E-state index in [1.54, 1.807) is 6.34 Å². The third-order valence-corrected chi connectivity index (χ3v) is 4.46. The lowest BCUT2D eigenvalue weighted by Gasteiger charge is -2.26. The van der Waals surface area contributed by atoms with Gasteiger partial charge < -0.3 is 15.2 Å². The number of rotatable bonds is 2. The van der Waals surface area contributed by atoms with Gasteiger partial charge >= 0.3 is 0 Å². The molecule has 0 bridgehead atoms. The van der Waals surface area contributed by atoms with Crippen molar-refractivity contribution in [2.45, 2.75) is 25.7 Å². The second-order valence-electron chi connectivity index (χ2n) is 5.60. The minimum absolute atomic E-state index is 0.248. The van der Waals surface area contributed by atoms with E-state index in [1.807, 2.05) is 11.2 Å². The van der Waals surface area contributed by atoms with Crippen LogP contribution in [0.1, 0.15) is 31.2 Å². The highest BCUT2D eigenvalue weighted by atomic mass is 16.1. The molecule has 20 heavy (non-hydrogen) atoms. The first-order valence-electron chi connectivity index (χ1n) is 7.09. The van der Waals surface area contributed by atoms with Crippen molar-refractivity contribution in [2.24, 2.45) is 16.8 Å². The van der Waals surface area contributed by atoms with Crippen molar-refractivity contribution < 1.29 is 4.79 Å². The van der Waals surface area contributed by atoms with Gasteiger partial charge in [0, 0.05) is 23.6 Å². The molecular formula is C14H17N5O. The standard InChI is InChI=1S/C14H17N5O/c20-7-9-1-3-10(4-2-9)12-13-11-5-6-15-14(11)16-8-19(13)18-17-12/h5-10,15,17-18H,1-4H2. The number of aldehydes is 1. The van der Waals surface area contributed by atoms with E-state index in [2.05, 4.69) is 27.0 Å². The Balaban J connectivity index is 1.67. The van der Waals surface area contributed by atoms with E-state index in [0.29, 0.717) is 5.92 Å². The molecule has 6 nitrogen and oxygen atoms in total. The van der Waals surface area contributed by atoms with E-state index in [4.69, 9.17) is 0 Å². The summed E-state index contributed by atoms with van der Waals surface area (Å²) in [6, 6.07) is 2.06. The van der Waals surface area contributed by atoms with E-state index in [1.165, 1.54) is 5.70 Å². The Morgan fingerprint density at radius 3 is 2.95 bits per heavy atom. The zero-order valence-corrected chi connectivity index (χ0v) is 11.1. The first-order valence-corrected chi connectivity index (χ1v) is 7.09. The lowest BCUT2D eigenvalue weighted by Crippen LogP contribution is -2.38. The highest BCUT2D eigenvalue weighted by Crippen LogP contribution is 2.40. The van der Waals surface area contributed by atoms with Crippen molar-refractivity contribution in [1.29, 1.82) is 0 Å². The van der Waals surface area contributed by atoms with Gasteiger partial charge in [-0.25, -0.2) is 10.0 Å². The summed E-state index contributed by atoms with van der Waals surface area (Å²) < 4.78 is 0. The lowest BCUT2D eigenvalue weighted by atomic mass is 9.80. The van der Waals surface area contributed by atoms with Crippen LogP contribution in [-0.4, -0.2) is 22.6 Å². The Morgan fingerprint density at radius 2 is 2.15 bits per heavy atom. The number of aromatic nitrogens is 1. The molecule has 1 saturated carbocycles. The maximum absolute atomic E-state index is 10.9. The van der Waals surface area contributed by atoms with E-state index in [9.17, 15) is 4.79 Å². The van der Waals surface area contributed by atoms with Crippen LogP contribution in [0.25, 0.3) is 5.70 Å². The van der Waals surface area contributed by atoms with Crippen molar-refractivity contribution in [3.05, 3.63) is 23.5 Å². The van der Waals surface area contributed by atoms with Crippen molar-refractivity contribution in [2.75, 3.05) is 0 Å². The SMILES string of the molecule is O=CC1CCC(C2=C3c4cc[nH]c4N=CN3NN2)CC1. The summed E-state index contributed by atoms with van der Waals surface area (Å²) in [5.74, 6) is 1.63. The van der Waals surface area contributed by atoms with Gasteiger partial charge in [0.05, 0.1) is 11.4 Å². The minimum atomic E-state index is 0.248. The van der Waals surface area contributed by atoms with Gasteiger partial charge in [-0.3, -0.25) is 0 Å². The van der Waals surface area contributed by atoms with Crippen LogP contribution in [0, 0.1) is 11.8 Å². The molecule has 104 valence electrons. The normalized spacial score (nSPS) is 28.1. The number of carbonyl (C=O) groups is 1. The molecule has 3 N–H and O–H groups in total. The van der Waals surface area contributed by atoms with Gasteiger partial charge in [0.2, 0.25) is 0 Å². The number of hydrogen-bond donors (Lipinski definition) is 3. The Morgan fingerprint density at radius 1 is 1.30 bits per heavy atom. The summed E-state index contributed by atoms with van der Waals surface area (Å²) in [6.07, 6.45) is 8.89. The number of hydrazine groups is 2. The molecule has 1 fully saturated rings. The molecule has 4 rings (SSSR count). The predicted octanol–water partition coefficient (Wildman–Crippen LogP) is 1.69. The number of aliphatic imine (C=N–C) groups is 1. The molecule has 0 unspecified atom stereocenters. The molecule has 0 aromatic carbocycles. The highest BCUT2D eigenvalue weighted by Gasteiger charge is 2.33. The topological polar surface area (TPSA) is 72.5 Å². The number of H-pyrrole nitrogens is 1. The van der Waals surface area contributed by atoms with E-state index in [0.717, 1.165) is 49.0 Å². The second-order valence-corrected chi connectivity index (χ2v) is 5.60. The van der Waals surface area contributed by atoms with Gasteiger partial charge in [0.25, 0.3) is 0 Å². The summed E-state index contributed by atoms with van der Waals surface area (Å²) in [6.45, 7) is 0. The molecule has 1 aliphatic carbocycles. The maximum Gasteiger partial charge on any atom is 0.141 e. The zero-order chi connectivity index (χ0) is 13.5. The van der Waals surface area contributed by atoms with E-state index >= 15 is 0 Å². The molecule has 1 aromatic rings. The molecular weight excluding hydrogens is 254 g/mol. The maximum atomic E-state index is 10.9. The van der Waals surface area contributed by atoms with Crippen molar-refractivity contribution in [1.82, 2.24) is 21.0 Å². The van der Waals surface area contributed by atoms with Crippen LogP contribution >= 0.6 is 0 Å². The smallest absolute Gasteiger partial charge is 0.141 e. The van der Waals surface area contributed by atoms with Gasteiger partial charge in [-0.2, -0.15) is 0 Å². The quantitative estimate of drug-likeness (QED) is 0.716. The third-order valence-electron chi connectivity index (χ3n) is 4.46. The minimum Gasteiger partial charge on any atom is -0.346 e. The number of hydrogen-bond acceptors (Lipinski definition) is 5. The highest BCUT2D eigenvalue weighted by molar-refractivity contribution is 5.87. The number of nitrogens with zero attached hydrogens (tertiary/aromatic N) is 2. The second kappa shape index (κ2) is 4.49. The first kappa shape index (κ1) is 11.7. The Kier molecular flexibility index (Phi) is 2.63. The summed E-state index contributed by atoms with van der Waals surface area (Å²) in [7, 11) is 0. The average molecular weight is 271 g/mol. The molecule has 0 spiro atoms. The van der Waals surface area contributed by atoms with Crippen molar-refractivity contribution in [3.63, 3.8) is 0 Å². The summed E-state index contributed by atoms with van der Waals surface area (Å²) in [5, 5.41) is 1.93. The van der Waals surface area contributed by atoms with Crippen LogP contribution in [0.15, 0.2) is 23.0 Å². The van der Waals surface area contributed by atoms with Crippen LogP contribution in [0.4, 0.5) is 5.82 Å². The fourth-order valence-corrected chi connectivity index (χ4v) is 3.34. The molecule has 3 heterocycles. The molecule has 0 radical (unpaired) electrons. The number of carbonyl (C=O) groups excluding carboxylic acids is 1. The molecule has 0 atom stereocenters. The van der Waals surface area contributed by atoms with Gasteiger partial charge in [-0.15, -0.1) is 5.53 Å². The van der Waals surface area contributed by atoms with E-state index < -0.39 is 0 Å². The Bertz CT molecular complexity index is 594. The number of aromatic amines is 1. The number of fused-ring (bicyclic) bond motifs is 3. The van der Waals surface area contributed by atoms with Crippen LogP contribution in [0.3, 0.4) is 0 Å². The van der Waals surface area contributed by atoms with Crippen molar-refractivity contribution in [3.8, 4) is 0 Å². The van der Waals surface area contributed by atoms with Crippen LogP contribution in [-0.2, 0) is 4.79 Å². The molecule has 3 aliphatic rings. The summed E-state index contributed by atoms with van der Waals surface area (Å²) in [4.78, 5) is 18.4. The molecule has 0 saturated heterocycles. The third kappa shape index (κ3) is 1.68. The molecule has 6 heteroatoms. The monoisotopic (exact) mass is 271 g/mol. The summed E-state index contributed by atoms with van der Waals surface area (Å²) in [5.41, 5.74) is 9.94. The van der Waals surface area contributed by atoms with E-state index in [-0.39, 0.29) is 5.92 Å². The van der Waals surface area contributed by atoms with Crippen LogP contribution < -0.4 is 11.0 Å².